The average molecular weight is 261 g/mol. The smallest absolute Gasteiger partial charge is 0.341 e. The zero-order valence-corrected chi connectivity index (χ0v) is 11.6. The summed E-state index contributed by atoms with van der Waals surface area (Å²) >= 11 is 0. The Morgan fingerprint density at radius 1 is 1.47 bits per heavy atom. The third-order valence-electron chi connectivity index (χ3n) is 4.37. The highest BCUT2D eigenvalue weighted by atomic mass is 16.5. The van der Waals surface area contributed by atoms with Crippen molar-refractivity contribution < 1.29 is 9.53 Å². The lowest BCUT2D eigenvalue weighted by Crippen LogP contribution is -2.26. The molecule has 0 amide bonds. The Bertz CT molecular complexity index is 505. The molecule has 0 N–H and O–H groups in total. The number of rotatable bonds is 3. The molecule has 2 fully saturated rings. The molecule has 1 aromatic rings. The van der Waals surface area contributed by atoms with Gasteiger partial charge in [0.2, 0.25) is 5.95 Å². The maximum atomic E-state index is 11.7. The lowest BCUT2D eigenvalue weighted by atomic mass is 10.2. The second-order valence-electron chi connectivity index (χ2n) is 5.48. The van der Waals surface area contributed by atoms with Gasteiger partial charge in [0.15, 0.2) is 0 Å². The van der Waals surface area contributed by atoms with Crippen LogP contribution in [0.15, 0.2) is 6.20 Å². The number of ether oxygens (including phenoxy) is 1. The molecular formula is C14H19N3O2. The summed E-state index contributed by atoms with van der Waals surface area (Å²) < 4.78 is 4.98. The van der Waals surface area contributed by atoms with E-state index in [1.165, 1.54) is 0 Å². The largest absolute Gasteiger partial charge is 0.462 e. The van der Waals surface area contributed by atoms with Crippen LogP contribution < -0.4 is 4.90 Å². The van der Waals surface area contributed by atoms with Crippen molar-refractivity contribution in [1.29, 1.82) is 0 Å². The van der Waals surface area contributed by atoms with E-state index in [4.69, 9.17) is 4.74 Å². The summed E-state index contributed by atoms with van der Waals surface area (Å²) in [4.78, 5) is 22.7. The minimum atomic E-state index is -0.343. The molecule has 1 saturated carbocycles. The molecule has 19 heavy (non-hydrogen) atoms. The van der Waals surface area contributed by atoms with Crippen LogP contribution in [-0.2, 0) is 4.74 Å². The molecule has 0 unspecified atom stereocenters. The molecule has 0 bridgehead atoms. The molecule has 102 valence electrons. The highest BCUT2D eigenvalue weighted by molar-refractivity contribution is 5.90. The highest BCUT2D eigenvalue weighted by Crippen LogP contribution is 2.51. The zero-order chi connectivity index (χ0) is 13.6. The molecule has 0 radical (unpaired) electrons. The molecule has 3 atom stereocenters. The van der Waals surface area contributed by atoms with Gasteiger partial charge in [-0.2, -0.15) is 0 Å². The summed E-state index contributed by atoms with van der Waals surface area (Å²) in [6, 6.07) is 0. The number of carbonyl (C=O) groups is 1. The van der Waals surface area contributed by atoms with Gasteiger partial charge in [0.1, 0.15) is 0 Å². The van der Waals surface area contributed by atoms with Crippen LogP contribution >= 0.6 is 0 Å². The summed E-state index contributed by atoms with van der Waals surface area (Å²) in [6.07, 6.45) is 1.59. The van der Waals surface area contributed by atoms with Crippen LogP contribution in [-0.4, -0.2) is 35.6 Å². The number of aryl methyl sites for hydroxylation is 1. The van der Waals surface area contributed by atoms with Crippen molar-refractivity contribution in [3.63, 3.8) is 0 Å². The van der Waals surface area contributed by atoms with Crippen molar-refractivity contribution in [1.82, 2.24) is 9.97 Å². The number of aromatic nitrogens is 2. The minimum Gasteiger partial charge on any atom is -0.462 e. The Hall–Kier alpha value is -1.65. The number of carbonyl (C=O) groups excluding carboxylic acids is 1. The molecule has 1 aliphatic heterocycles. The quantitative estimate of drug-likeness (QED) is 0.775. The topological polar surface area (TPSA) is 55.3 Å². The first-order chi connectivity index (χ1) is 9.11. The third-order valence-corrected chi connectivity index (χ3v) is 4.37. The maximum Gasteiger partial charge on any atom is 0.341 e. The number of esters is 1. The first-order valence-corrected chi connectivity index (χ1v) is 6.87. The van der Waals surface area contributed by atoms with Crippen LogP contribution in [0.3, 0.4) is 0 Å². The summed E-state index contributed by atoms with van der Waals surface area (Å²) in [5.41, 5.74) is 1.15. The Kier molecular flexibility index (Phi) is 2.92. The molecular weight excluding hydrogens is 242 g/mol. The molecule has 1 aromatic heterocycles. The van der Waals surface area contributed by atoms with Gasteiger partial charge in [0.25, 0.3) is 0 Å². The van der Waals surface area contributed by atoms with E-state index in [1.54, 1.807) is 13.1 Å². The van der Waals surface area contributed by atoms with Gasteiger partial charge in [-0.05, 0) is 31.6 Å². The molecule has 3 rings (SSSR count). The predicted molar refractivity (Wildman–Crippen MR) is 71.1 cm³/mol. The summed E-state index contributed by atoms with van der Waals surface area (Å²) in [7, 11) is 0. The number of hydrogen-bond acceptors (Lipinski definition) is 5. The first-order valence-electron chi connectivity index (χ1n) is 6.87. The molecule has 5 nitrogen and oxygen atoms in total. The summed E-state index contributed by atoms with van der Waals surface area (Å²) in [5.74, 6) is 2.88. The van der Waals surface area contributed by atoms with Crippen LogP contribution in [0.4, 0.5) is 5.95 Å². The Morgan fingerprint density at radius 2 is 2.16 bits per heavy atom. The normalized spacial score (nSPS) is 28.2. The van der Waals surface area contributed by atoms with Crippen LogP contribution in [0.5, 0.6) is 0 Å². The number of nitrogens with zero attached hydrogens (tertiary/aromatic N) is 3. The Balaban J connectivity index is 1.75. The van der Waals surface area contributed by atoms with Gasteiger partial charge in [0, 0.05) is 19.3 Å². The first kappa shape index (κ1) is 12.4. The van der Waals surface area contributed by atoms with E-state index in [0.717, 1.165) is 36.8 Å². The molecule has 0 aromatic carbocycles. The Morgan fingerprint density at radius 3 is 2.74 bits per heavy atom. The average Bonchev–Trinajstić information content (AvgIpc) is 2.82. The lowest BCUT2D eigenvalue weighted by Gasteiger charge is -2.19. The molecule has 5 heteroatoms. The van der Waals surface area contributed by atoms with Crippen molar-refractivity contribution in [3.8, 4) is 0 Å². The van der Waals surface area contributed by atoms with Gasteiger partial charge in [-0.1, -0.05) is 6.92 Å². The van der Waals surface area contributed by atoms with E-state index in [9.17, 15) is 4.79 Å². The van der Waals surface area contributed by atoms with Crippen molar-refractivity contribution >= 4 is 11.9 Å². The second-order valence-corrected chi connectivity index (χ2v) is 5.48. The number of anilines is 1. The monoisotopic (exact) mass is 261 g/mol. The van der Waals surface area contributed by atoms with Crippen LogP contribution in [0.25, 0.3) is 0 Å². The van der Waals surface area contributed by atoms with Gasteiger partial charge >= 0.3 is 5.97 Å². The third kappa shape index (κ3) is 2.07. The van der Waals surface area contributed by atoms with E-state index in [1.807, 2.05) is 6.92 Å². The van der Waals surface area contributed by atoms with Crippen molar-refractivity contribution in [2.45, 2.75) is 20.8 Å². The lowest BCUT2D eigenvalue weighted by molar-refractivity contribution is 0.0524. The van der Waals surface area contributed by atoms with Crippen molar-refractivity contribution in [2.75, 3.05) is 24.6 Å². The van der Waals surface area contributed by atoms with E-state index in [2.05, 4.69) is 21.8 Å². The molecule has 2 heterocycles. The summed E-state index contributed by atoms with van der Waals surface area (Å²) in [5, 5.41) is 0. The highest BCUT2D eigenvalue weighted by Gasteiger charge is 2.53. The molecule has 0 spiro atoms. The van der Waals surface area contributed by atoms with Crippen molar-refractivity contribution in [3.05, 3.63) is 17.5 Å². The number of hydrogen-bond donors (Lipinski definition) is 0. The van der Waals surface area contributed by atoms with Crippen LogP contribution in [0, 0.1) is 24.7 Å². The van der Waals surface area contributed by atoms with Gasteiger partial charge < -0.3 is 9.64 Å². The predicted octanol–water partition coefficient (Wildman–Crippen LogP) is 1.66. The van der Waals surface area contributed by atoms with Crippen LogP contribution in [0.2, 0.25) is 0 Å². The molecule has 1 saturated heterocycles. The fourth-order valence-electron chi connectivity index (χ4n) is 3.00. The zero-order valence-electron chi connectivity index (χ0n) is 11.6. The molecule has 2 aliphatic rings. The standard InChI is InChI=1S/C14H19N3O2/c1-4-19-13(18)10-5-15-14(16-9(10)3)17-6-11-8(2)12(11)7-17/h5,8,11-12H,4,6-7H2,1-3H3/t8-,11+,12-. The van der Waals surface area contributed by atoms with Gasteiger partial charge in [-0.15, -0.1) is 0 Å². The Labute approximate surface area is 113 Å². The van der Waals surface area contributed by atoms with Crippen LogP contribution in [0.1, 0.15) is 29.9 Å². The maximum absolute atomic E-state index is 11.7. The van der Waals surface area contributed by atoms with E-state index >= 15 is 0 Å². The molecule has 1 aliphatic carbocycles. The summed E-state index contributed by atoms with van der Waals surface area (Å²) in [6.45, 7) is 8.39. The van der Waals surface area contributed by atoms with E-state index in [0.29, 0.717) is 17.9 Å². The van der Waals surface area contributed by atoms with E-state index in [-0.39, 0.29) is 5.97 Å². The SMILES string of the molecule is CCOC(=O)c1cnc(N2C[C@@H]3[C@H](C)[C@@H]3C2)nc1C. The fraction of sp³-hybridized carbons (Fsp3) is 0.643. The number of piperidine rings is 1. The fourth-order valence-corrected chi connectivity index (χ4v) is 3.00. The van der Waals surface area contributed by atoms with Gasteiger partial charge in [-0.25, -0.2) is 14.8 Å². The second kappa shape index (κ2) is 4.47. The number of fused-ring (bicyclic) bond motifs is 1. The van der Waals surface area contributed by atoms with Gasteiger partial charge in [-0.3, -0.25) is 0 Å². The van der Waals surface area contributed by atoms with E-state index < -0.39 is 0 Å². The van der Waals surface area contributed by atoms with Gasteiger partial charge in [0.05, 0.1) is 17.9 Å². The minimum absolute atomic E-state index is 0.343. The van der Waals surface area contributed by atoms with Crippen molar-refractivity contribution in [2.24, 2.45) is 17.8 Å².